The average molecular weight is 346 g/mol. The van der Waals surface area contributed by atoms with Crippen molar-refractivity contribution in [3.8, 4) is 5.75 Å². The lowest BCUT2D eigenvalue weighted by atomic mass is 10.1. The molecule has 0 radical (unpaired) electrons. The number of hydrogen-bond acceptors (Lipinski definition) is 6. The molecule has 0 fully saturated rings. The largest absolute Gasteiger partial charge is 0.504 e. The van der Waals surface area contributed by atoms with Gasteiger partial charge in [-0.1, -0.05) is 18.2 Å². The Morgan fingerprint density at radius 2 is 2.00 bits per heavy atom. The van der Waals surface area contributed by atoms with Crippen molar-refractivity contribution in [1.29, 1.82) is 0 Å². The summed E-state index contributed by atoms with van der Waals surface area (Å²) in [6.45, 7) is 0. The fraction of sp³-hybridized carbons (Fsp3) is 0. The summed E-state index contributed by atoms with van der Waals surface area (Å²) < 4.78 is 5.67. The molecule has 0 spiro atoms. The molecule has 1 aliphatic heterocycles. The van der Waals surface area contributed by atoms with Crippen molar-refractivity contribution in [2.45, 2.75) is 0 Å². The van der Waals surface area contributed by atoms with E-state index in [9.17, 15) is 9.90 Å². The summed E-state index contributed by atoms with van der Waals surface area (Å²) in [7, 11) is 0. The number of benzene rings is 1. The Morgan fingerprint density at radius 3 is 2.77 bits per heavy atom. The fourth-order valence-electron chi connectivity index (χ4n) is 2.69. The van der Waals surface area contributed by atoms with E-state index in [1.807, 2.05) is 24.3 Å². The highest BCUT2D eigenvalue weighted by Crippen LogP contribution is 2.38. The van der Waals surface area contributed by atoms with Gasteiger partial charge >= 0.3 is 0 Å². The number of furan rings is 1. The first-order valence-electron chi connectivity index (χ1n) is 7.82. The Kier molecular flexibility index (Phi) is 3.74. The molecule has 1 amide bonds. The van der Waals surface area contributed by atoms with E-state index in [0.717, 1.165) is 5.56 Å². The van der Waals surface area contributed by atoms with Crippen molar-refractivity contribution in [3.05, 3.63) is 65.5 Å². The first-order valence-corrected chi connectivity index (χ1v) is 7.82. The number of amides is 1. The van der Waals surface area contributed by atoms with E-state index in [0.29, 0.717) is 17.1 Å². The van der Waals surface area contributed by atoms with Crippen molar-refractivity contribution in [1.82, 2.24) is 4.98 Å². The molecule has 0 bridgehead atoms. The summed E-state index contributed by atoms with van der Waals surface area (Å²) in [5.41, 5.74) is 7.51. The third kappa shape index (κ3) is 2.71. The summed E-state index contributed by atoms with van der Waals surface area (Å²) in [6, 6.07) is 12.8. The normalized spacial score (nSPS) is 13.8. The van der Waals surface area contributed by atoms with Crippen molar-refractivity contribution in [3.63, 3.8) is 0 Å². The highest BCUT2D eigenvalue weighted by Gasteiger charge is 2.24. The number of nitrogens with zero attached hydrogens (tertiary/aromatic N) is 2. The Balaban J connectivity index is 1.77. The number of rotatable bonds is 4. The van der Waals surface area contributed by atoms with Crippen LogP contribution in [-0.4, -0.2) is 22.2 Å². The molecule has 1 aromatic carbocycles. The lowest BCUT2D eigenvalue weighted by molar-refractivity contribution is 0.0998. The van der Waals surface area contributed by atoms with Crippen LogP contribution in [0.25, 0.3) is 11.6 Å². The average Bonchev–Trinajstić information content (AvgIpc) is 3.18. The van der Waals surface area contributed by atoms with E-state index in [4.69, 9.17) is 10.2 Å². The number of primary amides is 1. The first kappa shape index (κ1) is 15.6. The van der Waals surface area contributed by atoms with E-state index >= 15 is 0 Å². The van der Waals surface area contributed by atoms with Gasteiger partial charge in [0.25, 0.3) is 5.91 Å². The zero-order valence-corrected chi connectivity index (χ0v) is 13.5. The molecule has 128 valence electrons. The molecule has 3 heterocycles. The molecular formula is C19H14N4O3. The SMILES string of the molecule is NC(=O)c1c(Nc2ccccc2)oc(/C=C2\C=Nc3ncccc32)c1O. The number of para-hydroxylation sites is 1. The van der Waals surface area contributed by atoms with Gasteiger partial charge in [-0.3, -0.25) is 4.79 Å². The maximum atomic E-state index is 11.8. The van der Waals surface area contributed by atoms with Gasteiger partial charge in [-0.15, -0.1) is 0 Å². The standard InChI is InChI=1S/C19H14N4O3/c20-17(25)15-16(24)14(26-19(15)23-12-5-2-1-3-6-12)9-11-10-22-18-13(11)7-4-8-21-18/h1-10,23-24H,(H2,20,25)/b11-9+. The minimum Gasteiger partial charge on any atom is -0.504 e. The van der Waals surface area contributed by atoms with E-state index < -0.39 is 5.91 Å². The van der Waals surface area contributed by atoms with E-state index in [2.05, 4.69) is 15.3 Å². The monoisotopic (exact) mass is 346 g/mol. The fourth-order valence-corrected chi connectivity index (χ4v) is 2.69. The van der Waals surface area contributed by atoms with Crippen LogP contribution in [0.3, 0.4) is 0 Å². The Bertz CT molecular complexity index is 1050. The van der Waals surface area contributed by atoms with Crippen LogP contribution in [0.4, 0.5) is 17.4 Å². The molecule has 0 unspecified atom stereocenters. The van der Waals surface area contributed by atoms with Gasteiger partial charge in [0.2, 0.25) is 5.88 Å². The van der Waals surface area contributed by atoms with Gasteiger partial charge in [0.15, 0.2) is 17.3 Å². The minimum absolute atomic E-state index is 0.0781. The topological polar surface area (TPSA) is 114 Å². The highest BCUT2D eigenvalue weighted by molar-refractivity contribution is 6.21. The molecule has 1 aliphatic rings. The van der Waals surface area contributed by atoms with Gasteiger partial charge < -0.3 is 20.6 Å². The van der Waals surface area contributed by atoms with Crippen LogP contribution < -0.4 is 11.1 Å². The van der Waals surface area contributed by atoms with Crippen LogP contribution in [0.2, 0.25) is 0 Å². The predicted molar refractivity (Wildman–Crippen MR) is 98.9 cm³/mol. The first-order chi connectivity index (χ1) is 12.6. The second-order valence-corrected chi connectivity index (χ2v) is 5.61. The van der Waals surface area contributed by atoms with Crippen molar-refractivity contribution < 1.29 is 14.3 Å². The number of pyridine rings is 1. The summed E-state index contributed by atoms with van der Waals surface area (Å²) >= 11 is 0. The molecule has 4 N–H and O–H groups in total. The number of carbonyl (C=O) groups is 1. The Morgan fingerprint density at radius 1 is 1.19 bits per heavy atom. The van der Waals surface area contributed by atoms with Gasteiger partial charge in [0.1, 0.15) is 5.56 Å². The molecule has 7 heteroatoms. The molecule has 0 atom stereocenters. The van der Waals surface area contributed by atoms with Crippen molar-refractivity contribution >= 4 is 41.2 Å². The molecule has 26 heavy (non-hydrogen) atoms. The molecular weight excluding hydrogens is 332 g/mol. The van der Waals surface area contributed by atoms with Gasteiger partial charge in [0.05, 0.1) is 0 Å². The van der Waals surface area contributed by atoms with E-state index in [-0.39, 0.29) is 23.0 Å². The number of carbonyl (C=O) groups excluding carboxylic acids is 1. The quantitative estimate of drug-likeness (QED) is 0.669. The molecule has 0 aliphatic carbocycles. The number of aromatic hydroxyl groups is 1. The number of aliphatic imine (C=N–C) groups is 1. The second-order valence-electron chi connectivity index (χ2n) is 5.61. The van der Waals surface area contributed by atoms with Crippen molar-refractivity contribution in [2.24, 2.45) is 10.7 Å². The van der Waals surface area contributed by atoms with Crippen LogP contribution in [0, 0.1) is 0 Å². The number of anilines is 2. The number of fused-ring (bicyclic) bond motifs is 1. The summed E-state index contributed by atoms with van der Waals surface area (Å²) in [6.07, 6.45) is 4.86. The Labute approximate surface area is 148 Å². The summed E-state index contributed by atoms with van der Waals surface area (Å²) in [5.74, 6) is -0.349. The van der Waals surface area contributed by atoms with Crippen LogP contribution >= 0.6 is 0 Å². The smallest absolute Gasteiger partial charge is 0.258 e. The van der Waals surface area contributed by atoms with Gasteiger partial charge in [0, 0.05) is 29.2 Å². The zero-order chi connectivity index (χ0) is 18.1. The van der Waals surface area contributed by atoms with Crippen LogP contribution in [0.1, 0.15) is 21.7 Å². The summed E-state index contributed by atoms with van der Waals surface area (Å²) in [5, 5.41) is 13.4. The third-order valence-electron chi connectivity index (χ3n) is 3.90. The van der Waals surface area contributed by atoms with E-state index in [1.165, 1.54) is 0 Å². The molecule has 0 saturated heterocycles. The number of allylic oxidation sites excluding steroid dienone is 1. The molecule has 7 nitrogen and oxygen atoms in total. The van der Waals surface area contributed by atoms with Crippen LogP contribution in [0.15, 0.2) is 58.1 Å². The van der Waals surface area contributed by atoms with Crippen LogP contribution in [-0.2, 0) is 0 Å². The predicted octanol–water partition coefficient (Wildman–Crippen LogP) is 3.48. The minimum atomic E-state index is -0.795. The number of nitrogens with one attached hydrogen (secondary N) is 1. The highest BCUT2D eigenvalue weighted by atomic mass is 16.4. The second kappa shape index (κ2) is 6.21. The van der Waals surface area contributed by atoms with Crippen molar-refractivity contribution in [2.75, 3.05) is 5.32 Å². The lowest BCUT2D eigenvalue weighted by Gasteiger charge is -2.03. The number of nitrogens with two attached hydrogens (primary N) is 1. The zero-order valence-electron chi connectivity index (χ0n) is 13.5. The Hall–Kier alpha value is -3.87. The van der Waals surface area contributed by atoms with Gasteiger partial charge in [-0.2, -0.15) is 0 Å². The third-order valence-corrected chi connectivity index (χ3v) is 3.90. The molecule has 0 saturated carbocycles. The van der Waals surface area contributed by atoms with Gasteiger partial charge in [-0.05, 0) is 30.3 Å². The number of hydrogen-bond donors (Lipinski definition) is 3. The van der Waals surface area contributed by atoms with Crippen LogP contribution in [0.5, 0.6) is 5.75 Å². The molecule has 2 aromatic heterocycles. The van der Waals surface area contributed by atoms with E-state index in [1.54, 1.807) is 36.7 Å². The van der Waals surface area contributed by atoms with Gasteiger partial charge in [-0.25, -0.2) is 9.98 Å². The number of aromatic nitrogens is 1. The summed E-state index contributed by atoms with van der Waals surface area (Å²) in [4.78, 5) is 20.2. The maximum Gasteiger partial charge on any atom is 0.258 e. The lowest BCUT2D eigenvalue weighted by Crippen LogP contribution is -2.12. The molecule has 3 aromatic rings. The maximum absolute atomic E-state index is 11.8. The molecule has 4 rings (SSSR count).